The molecule has 0 unspecified atom stereocenters. The van der Waals surface area contributed by atoms with Crippen LogP contribution in [0.15, 0.2) is 73.3 Å². The summed E-state index contributed by atoms with van der Waals surface area (Å²) >= 11 is 6.29. The first-order valence-electron chi connectivity index (χ1n) is 10.8. The van der Waals surface area contributed by atoms with Crippen molar-refractivity contribution in [3.05, 3.63) is 112 Å². The highest BCUT2D eigenvalue weighted by atomic mass is 35.5. The van der Waals surface area contributed by atoms with Crippen molar-refractivity contribution in [2.24, 2.45) is 0 Å². The lowest BCUT2D eigenvalue weighted by Crippen LogP contribution is -2.20. The number of nitrogens with zero attached hydrogens (tertiary/aromatic N) is 4. The van der Waals surface area contributed by atoms with E-state index in [1.807, 2.05) is 71.8 Å². The van der Waals surface area contributed by atoms with E-state index in [9.17, 15) is 4.79 Å². The molecule has 1 N–H and O–H groups in total. The van der Waals surface area contributed by atoms with E-state index >= 15 is 0 Å². The Morgan fingerprint density at radius 2 is 1.82 bits per heavy atom. The molecule has 7 heteroatoms. The van der Waals surface area contributed by atoms with Gasteiger partial charge in [0.2, 0.25) is 5.91 Å². The number of imidazole rings is 1. The molecule has 4 aromatic rings. The first-order chi connectivity index (χ1) is 16.0. The smallest absolute Gasteiger partial charge is 0.244 e. The van der Waals surface area contributed by atoms with E-state index in [-0.39, 0.29) is 5.91 Å². The molecule has 0 saturated heterocycles. The number of aromatic nitrogens is 4. The van der Waals surface area contributed by atoms with E-state index in [2.05, 4.69) is 27.5 Å². The summed E-state index contributed by atoms with van der Waals surface area (Å²) in [5.74, 6) is -0.143. The summed E-state index contributed by atoms with van der Waals surface area (Å²) in [6, 6.07) is 15.9. The van der Waals surface area contributed by atoms with Gasteiger partial charge in [-0.1, -0.05) is 54.1 Å². The van der Waals surface area contributed by atoms with Gasteiger partial charge in [-0.3, -0.25) is 9.48 Å². The fourth-order valence-corrected chi connectivity index (χ4v) is 3.85. The maximum atomic E-state index is 12.4. The molecule has 0 spiro atoms. The average molecular weight is 460 g/mol. The lowest BCUT2D eigenvalue weighted by Gasteiger charge is -2.07. The molecule has 2 aromatic carbocycles. The van der Waals surface area contributed by atoms with Crippen LogP contribution in [0.5, 0.6) is 0 Å². The van der Waals surface area contributed by atoms with Crippen molar-refractivity contribution in [1.82, 2.24) is 24.6 Å². The van der Waals surface area contributed by atoms with Crippen molar-refractivity contribution in [2.75, 3.05) is 0 Å². The topological polar surface area (TPSA) is 64.7 Å². The van der Waals surface area contributed by atoms with E-state index in [4.69, 9.17) is 11.6 Å². The molecular weight excluding hydrogens is 434 g/mol. The minimum atomic E-state index is -0.143. The number of halogens is 1. The fraction of sp³-hybridized carbons (Fsp3) is 0.192. The molecule has 0 aliphatic carbocycles. The molecule has 0 aliphatic heterocycles. The molecule has 6 nitrogen and oxygen atoms in total. The third-order valence-electron chi connectivity index (χ3n) is 5.53. The van der Waals surface area contributed by atoms with Gasteiger partial charge < -0.3 is 9.88 Å². The van der Waals surface area contributed by atoms with Crippen LogP contribution >= 0.6 is 11.6 Å². The highest BCUT2D eigenvalue weighted by Crippen LogP contribution is 2.20. The molecule has 1 amide bonds. The van der Waals surface area contributed by atoms with Crippen LogP contribution in [0.4, 0.5) is 0 Å². The second-order valence-electron chi connectivity index (χ2n) is 7.94. The second kappa shape index (κ2) is 10.3. The summed E-state index contributed by atoms with van der Waals surface area (Å²) in [7, 11) is 0. The van der Waals surface area contributed by atoms with Crippen LogP contribution in [0.1, 0.15) is 33.6 Å². The Morgan fingerprint density at radius 1 is 1.06 bits per heavy atom. The number of hydrogen-bond acceptors (Lipinski definition) is 3. The zero-order valence-electron chi connectivity index (χ0n) is 18.7. The first kappa shape index (κ1) is 22.6. The Bertz CT molecular complexity index is 1260. The summed E-state index contributed by atoms with van der Waals surface area (Å²) in [4.78, 5) is 16.4. The van der Waals surface area contributed by atoms with E-state index in [1.165, 1.54) is 5.56 Å². The highest BCUT2D eigenvalue weighted by molar-refractivity contribution is 6.31. The van der Waals surface area contributed by atoms with Gasteiger partial charge in [-0.2, -0.15) is 5.10 Å². The van der Waals surface area contributed by atoms with Crippen LogP contribution < -0.4 is 5.32 Å². The number of amides is 1. The number of benzene rings is 2. The number of hydrogen-bond donors (Lipinski definition) is 1. The number of rotatable bonds is 8. The van der Waals surface area contributed by atoms with Gasteiger partial charge in [0.05, 0.1) is 18.6 Å². The monoisotopic (exact) mass is 459 g/mol. The Kier molecular flexibility index (Phi) is 7.05. The Hall–Kier alpha value is -3.64. The van der Waals surface area contributed by atoms with Crippen molar-refractivity contribution in [1.29, 1.82) is 0 Å². The SMILES string of the molecule is Cc1nn(Cc2ccccc2Cl)c(C)c1/C=C/C(=O)NCc1ccc(Cn2ccnc2)cc1. The van der Waals surface area contributed by atoms with Crippen molar-refractivity contribution in [3.63, 3.8) is 0 Å². The summed E-state index contributed by atoms with van der Waals surface area (Å²) in [5, 5.41) is 8.28. The molecular formula is C26H26ClN5O. The van der Waals surface area contributed by atoms with Crippen molar-refractivity contribution < 1.29 is 4.79 Å². The molecule has 0 fully saturated rings. The zero-order valence-corrected chi connectivity index (χ0v) is 19.5. The molecule has 2 heterocycles. The quantitative estimate of drug-likeness (QED) is 0.386. The molecule has 33 heavy (non-hydrogen) atoms. The van der Waals surface area contributed by atoms with E-state index in [0.717, 1.165) is 39.6 Å². The van der Waals surface area contributed by atoms with Gasteiger partial charge in [-0.15, -0.1) is 0 Å². The van der Waals surface area contributed by atoms with Crippen LogP contribution in [0.3, 0.4) is 0 Å². The second-order valence-corrected chi connectivity index (χ2v) is 8.34. The summed E-state index contributed by atoms with van der Waals surface area (Å²) in [6.45, 7) is 5.78. The minimum absolute atomic E-state index is 0.143. The Balaban J connectivity index is 1.34. The zero-order chi connectivity index (χ0) is 23.2. The molecule has 2 aromatic heterocycles. The molecule has 0 saturated carbocycles. The van der Waals surface area contributed by atoms with E-state index in [0.29, 0.717) is 13.1 Å². The predicted octanol–water partition coefficient (Wildman–Crippen LogP) is 4.78. The summed E-state index contributed by atoms with van der Waals surface area (Å²) < 4.78 is 3.93. The van der Waals surface area contributed by atoms with Crippen molar-refractivity contribution >= 4 is 23.6 Å². The number of carbonyl (C=O) groups is 1. The fourth-order valence-electron chi connectivity index (χ4n) is 3.65. The summed E-state index contributed by atoms with van der Waals surface area (Å²) in [5.41, 5.74) is 6.05. The van der Waals surface area contributed by atoms with Crippen LogP contribution in [-0.2, 0) is 24.4 Å². The largest absolute Gasteiger partial charge is 0.348 e. The Labute approximate surface area is 198 Å². The number of nitrogens with one attached hydrogen (secondary N) is 1. The van der Waals surface area contributed by atoms with Crippen LogP contribution in [0.2, 0.25) is 5.02 Å². The van der Waals surface area contributed by atoms with Gasteiger partial charge in [0.25, 0.3) is 0 Å². The highest BCUT2D eigenvalue weighted by Gasteiger charge is 2.11. The summed E-state index contributed by atoms with van der Waals surface area (Å²) in [6.07, 6.45) is 8.88. The molecule has 0 radical (unpaired) electrons. The minimum Gasteiger partial charge on any atom is -0.348 e. The van der Waals surface area contributed by atoms with Crippen LogP contribution in [-0.4, -0.2) is 25.2 Å². The molecule has 4 rings (SSSR count). The van der Waals surface area contributed by atoms with E-state index in [1.54, 1.807) is 18.6 Å². The lowest BCUT2D eigenvalue weighted by molar-refractivity contribution is -0.116. The van der Waals surface area contributed by atoms with E-state index < -0.39 is 0 Å². The predicted molar refractivity (Wildman–Crippen MR) is 131 cm³/mol. The molecule has 0 aliphatic rings. The lowest BCUT2D eigenvalue weighted by atomic mass is 10.1. The van der Waals surface area contributed by atoms with Crippen molar-refractivity contribution in [3.8, 4) is 0 Å². The van der Waals surface area contributed by atoms with Gasteiger partial charge in [0, 0.05) is 47.8 Å². The normalized spacial score (nSPS) is 11.2. The van der Waals surface area contributed by atoms with Gasteiger partial charge in [0.1, 0.15) is 0 Å². The third kappa shape index (κ3) is 5.79. The van der Waals surface area contributed by atoms with Crippen LogP contribution in [0, 0.1) is 13.8 Å². The van der Waals surface area contributed by atoms with Crippen molar-refractivity contribution in [2.45, 2.75) is 33.5 Å². The maximum Gasteiger partial charge on any atom is 0.244 e. The van der Waals surface area contributed by atoms with Gasteiger partial charge >= 0.3 is 0 Å². The van der Waals surface area contributed by atoms with Gasteiger partial charge in [0.15, 0.2) is 0 Å². The molecule has 0 atom stereocenters. The molecule has 0 bridgehead atoms. The molecule has 168 valence electrons. The Morgan fingerprint density at radius 3 is 2.55 bits per heavy atom. The number of carbonyl (C=O) groups excluding carboxylic acids is 1. The third-order valence-corrected chi connectivity index (χ3v) is 5.90. The average Bonchev–Trinajstić information content (AvgIpc) is 3.41. The van der Waals surface area contributed by atoms with Crippen LogP contribution in [0.25, 0.3) is 6.08 Å². The standard InChI is InChI=1S/C26H26ClN5O/c1-19-24(20(2)32(30-19)17-23-5-3-4-6-25(23)27)11-12-26(33)29-15-21-7-9-22(10-8-21)16-31-14-13-28-18-31/h3-14,18H,15-17H2,1-2H3,(H,29,33)/b12-11+. The van der Waals surface area contributed by atoms with Gasteiger partial charge in [-0.25, -0.2) is 4.98 Å². The first-order valence-corrected chi connectivity index (χ1v) is 11.1. The van der Waals surface area contributed by atoms with Gasteiger partial charge in [-0.05, 0) is 42.7 Å². The number of aryl methyl sites for hydroxylation is 1. The maximum absolute atomic E-state index is 12.4.